The summed E-state index contributed by atoms with van der Waals surface area (Å²) in [6.45, 7) is 8.02. The number of hydrogen-bond acceptors (Lipinski definition) is 7. The van der Waals surface area contributed by atoms with Crippen LogP contribution in [-0.4, -0.2) is 56.6 Å². The molecule has 348 valence electrons. The second kappa shape index (κ2) is 30.4. The Kier molecular flexibility index (Phi) is 24.4. The topological polar surface area (TPSA) is 77.4 Å². The number of ether oxygens (including phenoxy) is 2. The standard InChI is InChI=1S/C17H18ClNO.C13H10BrClO.C10H12ClNO.C6H4BrClO.C4H9N.CH3F/c18-16-12-15(19-10-4-5-11-19)8-9-17(16)20-13-14-6-2-1-3-7-14;14-11-6-7-13(12(15)8-11)16-9-10-4-2-1-3-5-10;11-9-7-8(3-4-10(9)13)12-5-1-2-6-12;7-4-1-2-6(9)5(8)3-4;1-2-4-5-3-1;1-2/h1-3,6-9,12H,4-5,10-11,13H2;1-8H,9H2;3-4,7,13H,1-2,5-6H2;1-3,9H;5H,1-4H2;1H3/i;;;;;1D. The minimum absolute atomic E-state index is 0.111. The third-order valence-electron chi connectivity index (χ3n) is 10.0. The molecule has 0 atom stereocenters. The highest BCUT2D eigenvalue weighted by atomic mass is 79.9. The minimum Gasteiger partial charge on any atom is -0.506 e. The lowest BCUT2D eigenvalue weighted by atomic mass is 10.2. The smallest absolute Gasteiger partial charge is 0.138 e. The van der Waals surface area contributed by atoms with E-state index >= 15 is 0 Å². The van der Waals surface area contributed by atoms with Gasteiger partial charge in [0, 0.05) is 46.5 Å². The Morgan fingerprint density at radius 1 is 0.538 bits per heavy atom. The molecule has 3 fully saturated rings. The number of halogens is 7. The van der Waals surface area contributed by atoms with Gasteiger partial charge >= 0.3 is 0 Å². The van der Waals surface area contributed by atoms with Crippen molar-refractivity contribution in [3.8, 4) is 23.0 Å². The molecular formula is C51H56Br2Cl4FN3O4. The number of phenolic OH excluding ortho intramolecular Hbond substituents is 2. The first-order valence-electron chi connectivity index (χ1n) is 21.9. The van der Waals surface area contributed by atoms with Crippen molar-refractivity contribution in [1.29, 1.82) is 0 Å². The molecule has 0 saturated carbocycles. The van der Waals surface area contributed by atoms with Crippen LogP contribution in [0.4, 0.5) is 15.8 Å². The highest BCUT2D eigenvalue weighted by Crippen LogP contribution is 2.33. The molecule has 65 heavy (non-hydrogen) atoms. The zero-order chi connectivity index (χ0) is 47.5. The average molecular weight is 1100 g/mol. The van der Waals surface area contributed by atoms with E-state index in [1.165, 1.54) is 63.4 Å². The van der Waals surface area contributed by atoms with Crippen molar-refractivity contribution in [2.75, 3.05) is 56.2 Å². The molecule has 0 amide bonds. The molecule has 0 unspecified atom stereocenters. The van der Waals surface area contributed by atoms with Crippen molar-refractivity contribution in [1.82, 2.24) is 5.32 Å². The Labute approximate surface area is 422 Å². The lowest BCUT2D eigenvalue weighted by Crippen LogP contribution is -2.17. The molecule has 0 aliphatic carbocycles. The van der Waals surface area contributed by atoms with Crippen LogP contribution >= 0.6 is 78.3 Å². The summed E-state index contributed by atoms with van der Waals surface area (Å²) in [5, 5.41) is 23.5. The number of hydrogen-bond donors (Lipinski definition) is 3. The molecular weight excluding hydrogens is 1040 g/mol. The van der Waals surface area contributed by atoms with Crippen LogP contribution < -0.4 is 24.6 Å². The Balaban J connectivity index is 0.000000187. The Morgan fingerprint density at radius 2 is 0.908 bits per heavy atom. The molecule has 0 spiro atoms. The summed E-state index contributed by atoms with van der Waals surface area (Å²) >= 11 is 30.3. The molecule has 0 bridgehead atoms. The molecule has 3 N–H and O–H groups in total. The van der Waals surface area contributed by atoms with Crippen molar-refractivity contribution in [2.24, 2.45) is 0 Å². The summed E-state index contributed by atoms with van der Waals surface area (Å²) in [6, 6.07) is 42.1. The van der Waals surface area contributed by atoms with Gasteiger partial charge in [-0.3, -0.25) is 4.39 Å². The van der Waals surface area contributed by atoms with Crippen molar-refractivity contribution >= 4 is 89.6 Å². The summed E-state index contributed by atoms with van der Waals surface area (Å²) in [5.74, 6) is 1.72. The molecule has 3 saturated heterocycles. The number of rotatable bonds is 8. The van der Waals surface area contributed by atoms with E-state index in [9.17, 15) is 9.50 Å². The molecule has 3 aliphatic rings. The Morgan fingerprint density at radius 3 is 1.29 bits per heavy atom. The van der Waals surface area contributed by atoms with Gasteiger partial charge in [0.1, 0.15) is 36.2 Å². The highest BCUT2D eigenvalue weighted by Gasteiger charge is 2.15. The molecule has 0 aromatic heterocycles. The van der Waals surface area contributed by atoms with Gasteiger partial charge in [0.15, 0.2) is 0 Å². The monoisotopic (exact) mass is 1090 g/mol. The number of phenols is 2. The van der Waals surface area contributed by atoms with Crippen LogP contribution in [0.5, 0.6) is 23.0 Å². The third kappa shape index (κ3) is 19.9. The normalized spacial score (nSPS) is 13.7. The van der Waals surface area contributed by atoms with Crippen LogP contribution in [0.25, 0.3) is 0 Å². The van der Waals surface area contributed by atoms with Crippen molar-refractivity contribution in [3.63, 3.8) is 0 Å². The second-order valence-electron chi connectivity index (χ2n) is 14.8. The molecule has 7 nitrogen and oxygen atoms in total. The van der Waals surface area contributed by atoms with Gasteiger partial charge in [-0.05, 0) is 136 Å². The van der Waals surface area contributed by atoms with Gasteiger partial charge in [0.2, 0.25) is 0 Å². The fourth-order valence-electron chi connectivity index (χ4n) is 6.62. The predicted molar refractivity (Wildman–Crippen MR) is 278 cm³/mol. The van der Waals surface area contributed by atoms with Crippen molar-refractivity contribution in [3.05, 3.63) is 174 Å². The third-order valence-corrected chi connectivity index (χ3v) is 12.2. The van der Waals surface area contributed by atoms with E-state index in [0.29, 0.717) is 39.1 Å². The van der Waals surface area contributed by atoms with Crippen LogP contribution in [0.1, 0.15) is 51.0 Å². The number of anilines is 2. The number of aromatic hydroxyl groups is 2. The van der Waals surface area contributed by atoms with Crippen LogP contribution in [0.2, 0.25) is 20.1 Å². The fourth-order valence-corrected chi connectivity index (χ4v) is 8.42. The molecule has 3 heterocycles. The summed E-state index contributed by atoms with van der Waals surface area (Å²) in [5.41, 5.74) is 4.58. The number of nitrogens with one attached hydrogen (secondary N) is 1. The maximum atomic E-state index is 9.96. The largest absolute Gasteiger partial charge is 0.506 e. The summed E-state index contributed by atoms with van der Waals surface area (Å²) in [4.78, 5) is 4.65. The number of nitrogens with zero attached hydrogens (tertiary/aromatic N) is 2. The maximum Gasteiger partial charge on any atom is 0.138 e. The van der Waals surface area contributed by atoms with Crippen LogP contribution in [-0.2, 0) is 13.2 Å². The van der Waals surface area contributed by atoms with E-state index in [4.69, 9.17) is 62.4 Å². The summed E-state index contributed by atoms with van der Waals surface area (Å²) < 4.78 is 28.7. The van der Waals surface area contributed by atoms with Crippen molar-refractivity contribution in [2.45, 2.75) is 51.7 Å². The first kappa shape index (κ1) is 52.1. The molecule has 3 aliphatic heterocycles. The SMILES string of the molecule is C1CCNC1.Clc1cc(Br)ccc1OCc1ccccc1.Clc1cc(N2CCCC2)ccc1OCc1ccccc1.Oc1ccc(Br)cc1Cl.Oc1ccc(N2CCCC2)cc1Cl.[2H]CF. The maximum absolute atomic E-state index is 9.96. The van der Waals surface area contributed by atoms with Gasteiger partial charge in [-0.25, -0.2) is 0 Å². The number of alkyl halides is 1. The first-order chi connectivity index (χ1) is 32.0. The zero-order valence-electron chi connectivity index (χ0n) is 37.1. The lowest BCUT2D eigenvalue weighted by molar-refractivity contribution is 0.306. The molecule has 9 rings (SSSR count). The van der Waals surface area contributed by atoms with Gasteiger partial charge in [-0.1, -0.05) is 139 Å². The van der Waals surface area contributed by atoms with E-state index in [1.807, 2.05) is 103 Å². The zero-order valence-corrected chi connectivity index (χ0v) is 42.3. The lowest BCUT2D eigenvalue weighted by Gasteiger charge is -2.18. The molecule has 14 heteroatoms. The van der Waals surface area contributed by atoms with Gasteiger partial charge in [0.05, 0.1) is 28.6 Å². The Bertz CT molecular complexity index is 2290. The Hall–Kier alpha value is -3.87. The molecule has 0 radical (unpaired) electrons. The molecule has 6 aromatic carbocycles. The number of benzene rings is 6. The van der Waals surface area contributed by atoms with Gasteiger partial charge < -0.3 is 34.8 Å². The predicted octanol–water partition coefficient (Wildman–Crippen LogP) is 15.6. The van der Waals surface area contributed by atoms with Crippen LogP contribution in [0.3, 0.4) is 0 Å². The van der Waals surface area contributed by atoms with Gasteiger partial charge in [-0.2, -0.15) is 0 Å². The first-order valence-corrected chi connectivity index (χ1v) is 24.3. The second-order valence-corrected chi connectivity index (χ2v) is 18.3. The summed E-state index contributed by atoms with van der Waals surface area (Å²) in [6.07, 6.45) is 7.81. The van der Waals surface area contributed by atoms with Crippen LogP contribution in [0, 0.1) is 0 Å². The fraction of sp³-hybridized carbons (Fsp3) is 0.294. The minimum atomic E-state index is -1.00. The van der Waals surface area contributed by atoms with E-state index in [1.54, 1.807) is 18.2 Å². The average Bonchev–Trinajstić information content (AvgIpc) is 4.17. The van der Waals surface area contributed by atoms with E-state index in [-0.39, 0.29) is 11.5 Å². The quantitative estimate of drug-likeness (QED) is 0.140. The van der Waals surface area contributed by atoms with E-state index in [0.717, 1.165) is 57.7 Å². The molecule has 6 aromatic rings. The van der Waals surface area contributed by atoms with Gasteiger partial charge in [-0.15, -0.1) is 0 Å². The van der Waals surface area contributed by atoms with E-state index < -0.39 is 7.15 Å². The van der Waals surface area contributed by atoms with Crippen LogP contribution in [0.15, 0.2) is 142 Å². The van der Waals surface area contributed by atoms with Crippen molar-refractivity contribution < 1.29 is 25.4 Å². The van der Waals surface area contributed by atoms with Gasteiger partial charge in [0.25, 0.3) is 0 Å². The summed E-state index contributed by atoms with van der Waals surface area (Å²) in [7, 11) is -1.00. The van der Waals surface area contributed by atoms with E-state index in [2.05, 4.69) is 53.0 Å². The highest BCUT2D eigenvalue weighted by molar-refractivity contribution is 9.10.